The number of nitro groups is 1. The van der Waals surface area contributed by atoms with Crippen molar-refractivity contribution in [3.63, 3.8) is 0 Å². The standard InChI is InChI=1S/C16H14FN3O5/c1-18-13-5-3-2-4-11(13)16(22)25-9-15(21)19-14-8-10(20(23)24)6-7-12(14)17/h2-8,18H,9H2,1H3,(H,19,21). The van der Waals surface area contributed by atoms with Crippen LogP contribution in [0.25, 0.3) is 0 Å². The fourth-order valence-corrected chi connectivity index (χ4v) is 2.00. The molecule has 1 amide bonds. The first-order valence-corrected chi connectivity index (χ1v) is 7.10. The zero-order valence-electron chi connectivity index (χ0n) is 13.1. The highest BCUT2D eigenvalue weighted by atomic mass is 19.1. The van der Waals surface area contributed by atoms with Crippen molar-refractivity contribution in [2.75, 3.05) is 24.3 Å². The van der Waals surface area contributed by atoms with Crippen LogP contribution in [0.15, 0.2) is 42.5 Å². The van der Waals surface area contributed by atoms with E-state index in [4.69, 9.17) is 4.74 Å². The summed E-state index contributed by atoms with van der Waals surface area (Å²) in [5, 5.41) is 15.6. The van der Waals surface area contributed by atoms with Crippen LogP contribution in [0.1, 0.15) is 10.4 Å². The number of halogens is 1. The van der Waals surface area contributed by atoms with Crippen LogP contribution in [-0.2, 0) is 9.53 Å². The molecule has 0 aromatic heterocycles. The van der Waals surface area contributed by atoms with Crippen LogP contribution >= 0.6 is 0 Å². The van der Waals surface area contributed by atoms with Crippen LogP contribution in [0.5, 0.6) is 0 Å². The van der Waals surface area contributed by atoms with E-state index in [9.17, 15) is 24.1 Å². The Balaban J connectivity index is 2.00. The number of hydrogen-bond donors (Lipinski definition) is 2. The van der Waals surface area contributed by atoms with E-state index in [1.165, 1.54) is 6.07 Å². The second kappa shape index (κ2) is 7.86. The fraction of sp³-hybridized carbons (Fsp3) is 0.125. The number of rotatable bonds is 6. The first-order valence-electron chi connectivity index (χ1n) is 7.10. The normalized spacial score (nSPS) is 10.0. The Labute approximate surface area is 141 Å². The van der Waals surface area contributed by atoms with Crippen LogP contribution in [0, 0.1) is 15.9 Å². The van der Waals surface area contributed by atoms with Crippen molar-refractivity contribution in [2.45, 2.75) is 0 Å². The monoisotopic (exact) mass is 347 g/mol. The predicted octanol–water partition coefficient (Wildman–Crippen LogP) is 2.57. The largest absolute Gasteiger partial charge is 0.452 e. The number of amides is 1. The molecule has 25 heavy (non-hydrogen) atoms. The Kier molecular flexibility index (Phi) is 5.62. The van der Waals surface area contributed by atoms with Crippen LogP contribution in [0.2, 0.25) is 0 Å². The molecule has 0 aliphatic carbocycles. The van der Waals surface area contributed by atoms with Crippen LogP contribution in [-0.4, -0.2) is 30.5 Å². The van der Waals surface area contributed by atoms with Gasteiger partial charge in [-0.15, -0.1) is 0 Å². The highest BCUT2D eigenvalue weighted by Gasteiger charge is 2.16. The van der Waals surface area contributed by atoms with E-state index in [1.54, 1.807) is 25.2 Å². The summed E-state index contributed by atoms with van der Waals surface area (Å²) in [4.78, 5) is 33.7. The van der Waals surface area contributed by atoms with Crippen molar-refractivity contribution < 1.29 is 23.6 Å². The number of nitro benzene ring substituents is 1. The molecule has 2 aromatic rings. The van der Waals surface area contributed by atoms with E-state index in [1.807, 2.05) is 0 Å². The molecule has 0 heterocycles. The lowest BCUT2D eigenvalue weighted by Gasteiger charge is -2.09. The molecule has 0 saturated heterocycles. The highest BCUT2D eigenvalue weighted by molar-refractivity contribution is 5.98. The molecule has 2 aromatic carbocycles. The minimum atomic E-state index is -0.842. The van der Waals surface area contributed by atoms with Crippen molar-refractivity contribution >= 4 is 28.9 Å². The van der Waals surface area contributed by atoms with Crippen molar-refractivity contribution in [1.29, 1.82) is 0 Å². The first-order chi connectivity index (χ1) is 11.9. The summed E-state index contributed by atoms with van der Waals surface area (Å²) < 4.78 is 18.5. The molecule has 0 aliphatic rings. The first kappa shape index (κ1) is 17.9. The minimum absolute atomic E-state index is 0.235. The van der Waals surface area contributed by atoms with Gasteiger partial charge in [-0.3, -0.25) is 14.9 Å². The van der Waals surface area contributed by atoms with Gasteiger partial charge in [0, 0.05) is 24.9 Å². The number of para-hydroxylation sites is 1. The van der Waals surface area contributed by atoms with Gasteiger partial charge in [0.25, 0.3) is 11.6 Å². The zero-order chi connectivity index (χ0) is 18.4. The zero-order valence-corrected chi connectivity index (χ0v) is 13.1. The van der Waals surface area contributed by atoms with E-state index < -0.39 is 29.2 Å². The van der Waals surface area contributed by atoms with Gasteiger partial charge in [-0.05, 0) is 18.2 Å². The molecule has 2 N–H and O–H groups in total. The van der Waals surface area contributed by atoms with Gasteiger partial charge in [-0.25, -0.2) is 9.18 Å². The lowest BCUT2D eigenvalue weighted by Crippen LogP contribution is -2.22. The van der Waals surface area contributed by atoms with Gasteiger partial charge < -0.3 is 15.4 Å². The molecular weight excluding hydrogens is 333 g/mol. The quantitative estimate of drug-likeness (QED) is 0.472. The maximum Gasteiger partial charge on any atom is 0.340 e. The topological polar surface area (TPSA) is 111 Å². The molecule has 0 aliphatic heterocycles. The Morgan fingerprint density at radius 1 is 1.20 bits per heavy atom. The molecule has 0 saturated carbocycles. The number of carbonyl (C=O) groups excluding carboxylic acids is 2. The summed E-state index contributed by atoms with van der Waals surface area (Å²) >= 11 is 0. The molecule has 0 spiro atoms. The van der Waals surface area contributed by atoms with Crippen LogP contribution in [0.4, 0.5) is 21.5 Å². The predicted molar refractivity (Wildman–Crippen MR) is 88.0 cm³/mol. The molecule has 0 unspecified atom stereocenters. The third kappa shape index (κ3) is 4.50. The van der Waals surface area contributed by atoms with E-state index in [-0.39, 0.29) is 16.9 Å². The number of non-ortho nitro benzene ring substituents is 1. The minimum Gasteiger partial charge on any atom is -0.452 e. The lowest BCUT2D eigenvalue weighted by atomic mass is 10.2. The number of esters is 1. The van der Waals surface area contributed by atoms with Gasteiger partial charge in [-0.2, -0.15) is 0 Å². The van der Waals surface area contributed by atoms with Crippen molar-refractivity contribution in [3.05, 3.63) is 64.0 Å². The Hall–Kier alpha value is -3.49. The molecule has 8 nitrogen and oxygen atoms in total. The smallest absolute Gasteiger partial charge is 0.340 e. The van der Waals surface area contributed by atoms with Gasteiger partial charge in [-0.1, -0.05) is 12.1 Å². The van der Waals surface area contributed by atoms with Crippen molar-refractivity contribution in [1.82, 2.24) is 0 Å². The SMILES string of the molecule is CNc1ccccc1C(=O)OCC(=O)Nc1cc([N+](=O)[O-])ccc1F. The average Bonchev–Trinajstić information content (AvgIpc) is 2.61. The summed E-state index contributed by atoms with van der Waals surface area (Å²) in [6.45, 7) is -0.668. The summed E-state index contributed by atoms with van der Waals surface area (Å²) in [6.07, 6.45) is 0. The Morgan fingerprint density at radius 3 is 2.60 bits per heavy atom. The van der Waals surface area contributed by atoms with Crippen LogP contribution < -0.4 is 10.6 Å². The molecule has 0 fully saturated rings. The maximum atomic E-state index is 13.6. The summed E-state index contributed by atoms with van der Waals surface area (Å²) in [6, 6.07) is 9.26. The molecule has 0 bridgehead atoms. The number of benzene rings is 2. The number of carbonyl (C=O) groups is 2. The molecular formula is C16H14FN3O5. The maximum absolute atomic E-state index is 13.6. The molecule has 130 valence electrons. The van der Waals surface area contributed by atoms with Gasteiger partial charge in [0.05, 0.1) is 16.2 Å². The van der Waals surface area contributed by atoms with Gasteiger partial charge in [0.1, 0.15) is 5.82 Å². The van der Waals surface area contributed by atoms with Crippen molar-refractivity contribution in [2.24, 2.45) is 0 Å². The van der Waals surface area contributed by atoms with E-state index in [2.05, 4.69) is 10.6 Å². The second-order valence-electron chi connectivity index (χ2n) is 4.84. The summed E-state index contributed by atoms with van der Waals surface area (Å²) in [7, 11) is 1.63. The Bertz CT molecular complexity index is 825. The number of nitrogens with zero attached hydrogens (tertiary/aromatic N) is 1. The molecule has 0 radical (unpaired) electrons. The molecule has 2 rings (SSSR count). The van der Waals surface area contributed by atoms with E-state index in [0.717, 1.165) is 18.2 Å². The second-order valence-corrected chi connectivity index (χ2v) is 4.84. The third-order valence-electron chi connectivity index (χ3n) is 3.19. The number of hydrogen-bond acceptors (Lipinski definition) is 6. The summed E-state index contributed by atoms with van der Waals surface area (Å²) in [5.74, 6) is -2.40. The van der Waals surface area contributed by atoms with Gasteiger partial charge in [0.15, 0.2) is 6.61 Å². The fourth-order valence-electron chi connectivity index (χ4n) is 2.00. The number of anilines is 2. The number of ether oxygens (including phenoxy) is 1. The van der Waals surface area contributed by atoms with Crippen LogP contribution in [0.3, 0.4) is 0 Å². The van der Waals surface area contributed by atoms with Crippen molar-refractivity contribution in [3.8, 4) is 0 Å². The molecule has 9 heteroatoms. The Morgan fingerprint density at radius 2 is 1.92 bits per heavy atom. The highest BCUT2D eigenvalue weighted by Crippen LogP contribution is 2.21. The van der Waals surface area contributed by atoms with Gasteiger partial charge >= 0.3 is 5.97 Å². The summed E-state index contributed by atoms with van der Waals surface area (Å²) in [5.41, 5.74) is 0.0134. The van der Waals surface area contributed by atoms with E-state index in [0.29, 0.717) is 5.69 Å². The molecule has 0 atom stereocenters. The van der Waals surface area contributed by atoms with Gasteiger partial charge in [0.2, 0.25) is 0 Å². The van der Waals surface area contributed by atoms with E-state index >= 15 is 0 Å². The average molecular weight is 347 g/mol. The third-order valence-corrected chi connectivity index (χ3v) is 3.19. The lowest BCUT2D eigenvalue weighted by molar-refractivity contribution is -0.384. The number of nitrogens with one attached hydrogen (secondary N) is 2.